The molecule has 160 valence electrons. The molecule has 2 saturated heterocycles. The molecule has 0 N–H and O–H groups in total. The third-order valence-electron chi connectivity index (χ3n) is 6.03. The van der Waals surface area contributed by atoms with E-state index in [2.05, 4.69) is 16.0 Å². The Hall–Kier alpha value is -2.44. The number of rotatable bonds is 7. The van der Waals surface area contributed by atoms with Crippen LogP contribution < -0.4 is 4.74 Å². The van der Waals surface area contributed by atoms with Crippen LogP contribution in [0.25, 0.3) is 0 Å². The maximum absolute atomic E-state index is 13.1. The minimum atomic E-state index is 0.0665. The number of hydrogen-bond acceptors (Lipinski definition) is 5. The van der Waals surface area contributed by atoms with Gasteiger partial charge in [-0.05, 0) is 43.5 Å². The van der Waals surface area contributed by atoms with Crippen molar-refractivity contribution in [3.05, 3.63) is 59.9 Å². The molecule has 0 bridgehead atoms. The second-order valence-corrected chi connectivity index (χ2v) is 8.27. The van der Waals surface area contributed by atoms with Gasteiger partial charge in [0.1, 0.15) is 11.9 Å². The number of para-hydroxylation sites is 1. The molecule has 1 amide bonds. The summed E-state index contributed by atoms with van der Waals surface area (Å²) < 4.78 is 11.6. The molecule has 0 spiro atoms. The van der Waals surface area contributed by atoms with Gasteiger partial charge in [0.25, 0.3) is 5.91 Å². The summed E-state index contributed by atoms with van der Waals surface area (Å²) in [4.78, 5) is 21.9. The van der Waals surface area contributed by atoms with E-state index in [1.807, 2.05) is 47.5 Å². The number of carbonyl (C=O) groups excluding carboxylic acids is 1. The van der Waals surface area contributed by atoms with Crippen molar-refractivity contribution in [3.63, 3.8) is 0 Å². The van der Waals surface area contributed by atoms with Crippen LogP contribution in [0.3, 0.4) is 0 Å². The first-order chi connectivity index (χ1) is 14.7. The van der Waals surface area contributed by atoms with Gasteiger partial charge >= 0.3 is 0 Å². The number of piperidine rings is 1. The van der Waals surface area contributed by atoms with Gasteiger partial charge in [-0.15, -0.1) is 0 Å². The van der Waals surface area contributed by atoms with Gasteiger partial charge in [0, 0.05) is 51.9 Å². The van der Waals surface area contributed by atoms with Crippen molar-refractivity contribution < 1.29 is 14.3 Å². The average Bonchev–Trinajstić information content (AvgIpc) is 3.25. The van der Waals surface area contributed by atoms with E-state index < -0.39 is 0 Å². The standard InChI is InChI=1S/C24H31N3O3/c1-29-18-19-9-15-27(16-19)24(28)22-7-2-3-8-23(22)30-21-10-13-26(14-11-21)17-20-6-4-5-12-25-20/h2-8,12,19,21H,9-11,13-18H2,1H3. The van der Waals surface area contributed by atoms with Gasteiger partial charge in [-0.3, -0.25) is 14.7 Å². The third kappa shape index (κ3) is 5.18. The van der Waals surface area contributed by atoms with Crippen molar-refractivity contribution >= 4 is 5.91 Å². The van der Waals surface area contributed by atoms with Gasteiger partial charge in [0.05, 0.1) is 17.9 Å². The van der Waals surface area contributed by atoms with E-state index in [1.165, 1.54) is 0 Å². The molecule has 0 aliphatic carbocycles. The Bertz CT molecular complexity index is 821. The monoisotopic (exact) mass is 409 g/mol. The number of ether oxygens (including phenoxy) is 2. The minimum absolute atomic E-state index is 0.0665. The molecule has 6 nitrogen and oxygen atoms in total. The van der Waals surface area contributed by atoms with Crippen LogP contribution in [-0.4, -0.2) is 66.7 Å². The van der Waals surface area contributed by atoms with Gasteiger partial charge in [0.2, 0.25) is 0 Å². The van der Waals surface area contributed by atoms with E-state index >= 15 is 0 Å². The van der Waals surface area contributed by atoms with Crippen molar-refractivity contribution in [2.24, 2.45) is 5.92 Å². The van der Waals surface area contributed by atoms with Crippen LogP contribution in [0.2, 0.25) is 0 Å². The molecule has 4 rings (SSSR count). The van der Waals surface area contributed by atoms with Crippen molar-refractivity contribution in [1.82, 2.24) is 14.8 Å². The lowest BCUT2D eigenvalue weighted by atomic mass is 10.1. The van der Waals surface area contributed by atoms with Gasteiger partial charge < -0.3 is 14.4 Å². The Morgan fingerprint density at radius 1 is 1.07 bits per heavy atom. The van der Waals surface area contributed by atoms with Gasteiger partial charge in [-0.2, -0.15) is 0 Å². The summed E-state index contributed by atoms with van der Waals surface area (Å²) in [5, 5.41) is 0. The molecular formula is C24H31N3O3. The number of nitrogens with zero attached hydrogens (tertiary/aromatic N) is 3. The largest absolute Gasteiger partial charge is 0.489 e. The highest BCUT2D eigenvalue weighted by molar-refractivity contribution is 5.97. The highest BCUT2D eigenvalue weighted by Gasteiger charge is 2.29. The summed E-state index contributed by atoms with van der Waals surface area (Å²) in [6.45, 7) is 5.07. The summed E-state index contributed by atoms with van der Waals surface area (Å²) in [5.41, 5.74) is 1.77. The van der Waals surface area contributed by atoms with Crippen molar-refractivity contribution in [3.8, 4) is 5.75 Å². The van der Waals surface area contributed by atoms with Crippen LogP contribution in [0.1, 0.15) is 35.3 Å². The SMILES string of the molecule is COCC1CCN(C(=O)c2ccccc2OC2CCN(Cc3ccccn3)CC2)C1. The van der Waals surface area contributed by atoms with E-state index in [-0.39, 0.29) is 12.0 Å². The Morgan fingerprint density at radius 2 is 1.87 bits per heavy atom. The Labute approximate surface area is 178 Å². The van der Waals surface area contributed by atoms with Gasteiger partial charge in [0.15, 0.2) is 0 Å². The minimum Gasteiger partial charge on any atom is -0.489 e. The molecule has 1 aromatic carbocycles. The molecule has 0 saturated carbocycles. The molecule has 1 unspecified atom stereocenters. The summed E-state index contributed by atoms with van der Waals surface area (Å²) in [7, 11) is 1.72. The van der Waals surface area contributed by atoms with Crippen LogP contribution in [0.15, 0.2) is 48.7 Å². The predicted octanol–water partition coefficient (Wildman–Crippen LogP) is 3.23. The van der Waals surface area contributed by atoms with Crippen LogP contribution in [0, 0.1) is 5.92 Å². The fraction of sp³-hybridized carbons (Fsp3) is 0.500. The van der Waals surface area contributed by atoms with Crippen molar-refractivity contribution in [1.29, 1.82) is 0 Å². The number of aromatic nitrogens is 1. The molecular weight excluding hydrogens is 378 g/mol. The van der Waals surface area contributed by atoms with Crippen LogP contribution in [0.4, 0.5) is 0 Å². The van der Waals surface area contributed by atoms with Gasteiger partial charge in [-0.1, -0.05) is 18.2 Å². The zero-order chi connectivity index (χ0) is 20.8. The summed E-state index contributed by atoms with van der Waals surface area (Å²) in [5.74, 6) is 1.20. The molecule has 1 aromatic heterocycles. The molecule has 6 heteroatoms. The number of amides is 1. The quantitative estimate of drug-likeness (QED) is 0.703. The van der Waals surface area contributed by atoms with Gasteiger partial charge in [-0.25, -0.2) is 0 Å². The number of likely N-dealkylation sites (tertiary alicyclic amines) is 2. The first kappa shape index (κ1) is 20.8. The predicted molar refractivity (Wildman–Crippen MR) is 115 cm³/mol. The van der Waals surface area contributed by atoms with E-state index in [0.29, 0.717) is 23.8 Å². The molecule has 2 fully saturated rings. The zero-order valence-corrected chi connectivity index (χ0v) is 17.7. The fourth-order valence-electron chi connectivity index (χ4n) is 4.39. The number of hydrogen-bond donors (Lipinski definition) is 0. The van der Waals surface area contributed by atoms with Crippen LogP contribution >= 0.6 is 0 Å². The average molecular weight is 410 g/mol. The summed E-state index contributed by atoms with van der Waals surface area (Å²) >= 11 is 0. The fourth-order valence-corrected chi connectivity index (χ4v) is 4.39. The molecule has 2 aromatic rings. The zero-order valence-electron chi connectivity index (χ0n) is 17.7. The highest BCUT2D eigenvalue weighted by Crippen LogP contribution is 2.27. The molecule has 2 aliphatic heterocycles. The molecule has 3 heterocycles. The lowest BCUT2D eigenvalue weighted by molar-refractivity contribution is 0.0749. The maximum Gasteiger partial charge on any atom is 0.257 e. The lowest BCUT2D eigenvalue weighted by Crippen LogP contribution is -2.38. The second kappa shape index (κ2) is 10.0. The van der Waals surface area contributed by atoms with E-state index in [4.69, 9.17) is 9.47 Å². The number of carbonyl (C=O) groups is 1. The summed E-state index contributed by atoms with van der Waals surface area (Å²) in [6, 6.07) is 13.7. The normalized spacial score (nSPS) is 20.4. The number of methoxy groups -OCH3 is 1. The van der Waals surface area contributed by atoms with Crippen molar-refractivity contribution in [2.75, 3.05) is 39.9 Å². The smallest absolute Gasteiger partial charge is 0.257 e. The Kier molecular flexibility index (Phi) is 6.97. The first-order valence-electron chi connectivity index (χ1n) is 10.9. The molecule has 1 atom stereocenters. The van der Waals surface area contributed by atoms with E-state index in [0.717, 1.165) is 57.7 Å². The summed E-state index contributed by atoms with van der Waals surface area (Å²) in [6.07, 6.45) is 4.89. The molecule has 2 aliphatic rings. The first-order valence-corrected chi connectivity index (χ1v) is 10.9. The van der Waals surface area contributed by atoms with E-state index in [1.54, 1.807) is 7.11 Å². The van der Waals surface area contributed by atoms with E-state index in [9.17, 15) is 4.79 Å². The Morgan fingerprint density at radius 3 is 2.63 bits per heavy atom. The molecule has 0 radical (unpaired) electrons. The van der Waals surface area contributed by atoms with Crippen LogP contribution in [-0.2, 0) is 11.3 Å². The Balaban J connectivity index is 1.33. The highest BCUT2D eigenvalue weighted by atomic mass is 16.5. The molecule has 30 heavy (non-hydrogen) atoms. The lowest BCUT2D eigenvalue weighted by Gasteiger charge is -2.32. The van der Waals surface area contributed by atoms with Crippen LogP contribution in [0.5, 0.6) is 5.75 Å². The maximum atomic E-state index is 13.1. The third-order valence-corrected chi connectivity index (χ3v) is 6.03. The number of pyridine rings is 1. The topological polar surface area (TPSA) is 54.9 Å². The van der Waals surface area contributed by atoms with Crippen molar-refractivity contribution in [2.45, 2.75) is 31.9 Å². The second-order valence-electron chi connectivity index (χ2n) is 8.27. The number of benzene rings is 1.